The number of aromatic nitrogens is 2. The molecule has 4 rings (SSSR count). The van der Waals surface area contributed by atoms with Crippen LogP contribution >= 0.6 is 23.1 Å². The van der Waals surface area contributed by atoms with Crippen LogP contribution in [0.1, 0.15) is 27.9 Å². The van der Waals surface area contributed by atoms with Gasteiger partial charge in [-0.05, 0) is 36.1 Å². The van der Waals surface area contributed by atoms with E-state index in [1.54, 1.807) is 22.3 Å². The van der Waals surface area contributed by atoms with Gasteiger partial charge in [0.1, 0.15) is 17.1 Å². The molecule has 0 bridgehead atoms. The first-order chi connectivity index (χ1) is 12.2. The van der Waals surface area contributed by atoms with Crippen molar-refractivity contribution >= 4 is 29.0 Å². The summed E-state index contributed by atoms with van der Waals surface area (Å²) in [6, 6.07) is 9.86. The normalized spacial score (nSPS) is 18.3. The minimum Gasteiger partial charge on any atom is -0.468 e. The molecule has 0 spiro atoms. The molecular weight excluding hydrogens is 354 g/mol. The van der Waals surface area contributed by atoms with Crippen molar-refractivity contribution in [1.82, 2.24) is 14.7 Å². The molecule has 0 aromatic carbocycles. The van der Waals surface area contributed by atoms with Crippen molar-refractivity contribution in [2.24, 2.45) is 7.05 Å². The first kappa shape index (κ1) is 16.5. The second-order valence-electron chi connectivity index (χ2n) is 5.97. The lowest BCUT2D eigenvalue weighted by atomic mass is 10.2. The highest BCUT2D eigenvalue weighted by molar-refractivity contribution is 7.99. The van der Waals surface area contributed by atoms with Crippen LogP contribution in [-0.2, 0) is 7.05 Å². The van der Waals surface area contributed by atoms with Gasteiger partial charge in [0, 0.05) is 25.9 Å². The van der Waals surface area contributed by atoms with Crippen LogP contribution in [0, 0.1) is 0 Å². The summed E-state index contributed by atoms with van der Waals surface area (Å²) in [6.45, 7) is 1.48. The molecule has 1 saturated heterocycles. The average molecular weight is 374 g/mol. The van der Waals surface area contributed by atoms with Gasteiger partial charge < -0.3 is 9.32 Å². The van der Waals surface area contributed by atoms with Gasteiger partial charge in [0.15, 0.2) is 0 Å². The summed E-state index contributed by atoms with van der Waals surface area (Å²) in [4.78, 5) is 16.0. The first-order valence-electron chi connectivity index (χ1n) is 8.24. The topological polar surface area (TPSA) is 51.3 Å². The molecule has 5 nitrogen and oxygen atoms in total. The fraction of sp³-hybridized carbons (Fsp3) is 0.333. The standard InChI is InChI=1S/C18H19N3O2S2/c1-20-14(12-13(19-20)16-5-3-10-24-16)18(22)21-7-6-17(25-11-8-21)15-4-2-9-23-15/h2-5,9-10,12,17H,6-8,11H2,1H3/t17-/m1/s1. The average Bonchev–Trinajstić information content (AvgIpc) is 3.34. The van der Waals surface area contributed by atoms with Crippen LogP contribution in [-0.4, -0.2) is 39.4 Å². The summed E-state index contributed by atoms with van der Waals surface area (Å²) in [6.07, 6.45) is 2.62. The van der Waals surface area contributed by atoms with Gasteiger partial charge in [-0.2, -0.15) is 5.10 Å². The second-order valence-corrected chi connectivity index (χ2v) is 8.23. The Bertz CT molecular complexity index is 840. The van der Waals surface area contributed by atoms with E-state index >= 15 is 0 Å². The monoisotopic (exact) mass is 373 g/mol. The summed E-state index contributed by atoms with van der Waals surface area (Å²) >= 11 is 3.49. The van der Waals surface area contributed by atoms with E-state index in [-0.39, 0.29) is 5.91 Å². The molecular formula is C18H19N3O2S2. The zero-order valence-corrected chi connectivity index (χ0v) is 15.6. The summed E-state index contributed by atoms with van der Waals surface area (Å²) < 4.78 is 7.23. The maximum Gasteiger partial charge on any atom is 0.272 e. The molecule has 4 heterocycles. The molecule has 7 heteroatoms. The summed E-state index contributed by atoms with van der Waals surface area (Å²) in [5.41, 5.74) is 1.50. The summed E-state index contributed by atoms with van der Waals surface area (Å²) in [5.74, 6) is 1.96. The molecule has 0 unspecified atom stereocenters. The van der Waals surface area contributed by atoms with Crippen molar-refractivity contribution in [2.45, 2.75) is 11.7 Å². The van der Waals surface area contributed by atoms with Crippen LogP contribution in [0.2, 0.25) is 0 Å². The highest BCUT2D eigenvalue weighted by atomic mass is 32.2. The number of rotatable bonds is 3. The maximum atomic E-state index is 13.0. The van der Waals surface area contributed by atoms with Crippen LogP contribution in [0.3, 0.4) is 0 Å². The van der Waals surface area contributed by atoms with E-state index in [1.807, 2.05) is 59.4 Å². The van der Waals surface area contributed by atoms with E-state index < -0.39 is 0 Å². The Labute approximate surface area is 154 Å². The zero-order chi connectivity index (χ0) is 17.2. The number of amides is 1. The predicted molar refractivity (Wildman–Crippen MR) is 101 cm³/mol. The third-order valence-electron chi connectivity index (χ3n) is 4.36. The van der Waals surface area contributed by atoms with Gasteiger partial charge in [-0.1, -0.05) is 6.07 Å². The molecule has 0 N–H and O–H groups in total. The highest BCUT2D eigenvalue weighted by Gasteiger charge is 2.26. The number of thioether (sulfide) groups is 1. The second kappa shape index (κ2) is 7.09. The van der Waals surface area contributed by atoms with Crippen molar-refractivity contribution in [2.75, 3.05) is 18.8 Å². The predicted octanol–water partition coefficient (Wildman–Crippen LogP) is 4.06. The van der Waals surface area contributed by atoms with Crippen LogP contribution in [0.25, 0.3) is 10.6 Å². The zero-order valence-electron chi connectivity index (χ0n) is 13.9. The van der Waals surface area contributed by atoms with E-state index in [2.05, 4.69) is 5.10 Å². The molecule has 25 heavy (non-hydrogen) atoms. The Hall–Kier alpha value is -1.99. The van der Waals surface area contributed by atoms with Gasteiger partial charge in [-0.3, -0.25) is 9.48 Å². The maximum absolute atomic E-state index is 13.0. The van der Waals surface area contributed by atoms with Crippen LogP contribution in [0.5, 0.6) is 0 Å². The molecule has 1 fully saturated rings. The summed E-state index contributed by atoms with van der Waals surface area (Å²) in [7, 11) is 1.84. The summed E-state index contributed by atoms with van der Waals surface area (Å²) in [5, 5.41) is 6.85. The molecule has 1 aliphatic rings. The minimum absolute atomic E-state index is 0.0542. The van der Waals surface area contributed by atoms with Crippen molar-refractivity contribution < 1.29 is 9.21 Å². The largest absolute Gasteiger partial charge is 0.468 e. The first-order valence-corrected chi connectivity index (χ1v) is 10.2. The molecule has 1 aliphatic heterocycles. The van der Waals surface area contributed by atoms with Crippen molar-refractivity contribution in [3.63, 3.8) is 0 Å². The van der Waals surface area contributed by atoms with Crippen LogP contribution in [0.4, 0.5) is 0 Å². The number of aryl methyl sites for hydroxylation is 1. The number of hydrogen-bond donors (Lipinski definition) is 0. The fourth-order valence-electron chi connectivity index (χ4n) is 3.05. The van der Waals surface area contributed by atoms with Gasteiger partial charge in [0.05, 0.1) is 16.4 Å². The number of furan rings is 1. The Kier molecular flexibility index (Phi) is 4.67. The number of thiophene rings is 1. The molecule has 0 radical (unpaired) electrons. The van der Waals surface area contributed by atoms with Gasteiger partial charge >= 0.3 is 0 Å². The lowest BCUT2D eigenvalue weighted by Gasteiger charge is -2.19. The molecule has 130 valence electrons. The van der Waals surface area contributed by atoms with E-state index in [9.17, 15) is 4.79 Å². The van der Waals surface area contributed by atoms with Crippen molar-refractivity contribution in [3.8, 4) is 10.6 Å². The van der Waals surface area contributed by atoms with Crippen molar-refractivity contribution in [3.05, 3.63) is 53.4 Å². The number of hydrogen-bond acceptors (Lipinski definition) is 5. The Morgan fingerprint density at radius 2 is 2.24 bits per heavy atom. The molecule has 1 amide bonds. The quantitative estimate of drug-likeness (QED) is 0.695. The molecule has 0 saturated carbocycles. The van der Waals surface area contributed by atoms with E-state index in [0.29, 0.717) is 10.9 Å². The van der Waals surface area contributed by atoms with E-state index in [4.69, 9.17) is 4.42 Å². The van der Waals surface area contributed by atoms with Gasteiger partial charge in [-0.25, -0.2) is 0 Å². The smallest absolute Gasteiger partial charge is 0.272 e. The Balaban J connectivity index is 1.49. The Morgan fingerprint density at radius 3 is 3.00 bits per heavy atom. The molecule has 3 aromatic rings. The lowest BCUT2D eigenvalue weighted by molar-refractivity contribution is 0.0755. The highest BCUT2D eigenvalue weighted by Crippen LogP contribution is 2.35. The number of nitrogens with zero attached hydrogens (tertiary/aromatic N) is 3. The van der Waals surface area contributed by atoms with Crippen LogP contribution in [0.15, 0.2) is 46.4 Å². The SMILES string of the molecule is Cn1nc(-c2cccs2)cc1C(=O)N1CCS[C@@H](c2ccco2)CC1. The molecule has 0 aliphatic carbocycles. The molecule has 1 atom stereocenters. The van der Waals surface area contributed by atoms with E-state index in [1.165, 1.54) is 0 Å². The van der Waals surface area contributed by atoms with Crippen LogP contribution < -0.4 is 0 Å². The third kappa shape index (κ3) is 3.39. The lowest BCUT2D eigenvalue weighted by Crippen LogP contribution is -2.34. The van der Waals surface area contributed by atoms with Gasteiger partial charge in [0.2, 0.25) is 0 Å². The van der Waals surface area contributed by atoms with Crippen molar-refractivity contribution in [1.29, 1.82) is 0 Å². The number of carbonyl (C=O) groups is 1. The molecule has 3 aromatic heterocycles. The third-order valence-corrected chi connectivity index (χ3v) is 6.54. The fourth-order valence-corrected chi connectivity index (χ4v) is 4.91. The Morgan fingerprint density at radius 1 is 1.32 bits per heavy atom. The minimum atomic E-state index is 0.0542. The number of carbonyl (C=O) groups excluding carboxylic acids is 1. The van der Waals surface area contributed by atoms with Gasteiger partial charge in [-0.15, -0.1) is 23.1 Å². The van der Waals surface area contributed by atoms with Gasteiger partial charge in [0.25, 0.3) is 5.91 Å². The van der Waals surface area contributed by atoms with E-state index in [0.717, 1.165) is 41.6 Å².